The Kier molecular flexibility index (Phi) is 4.24. The molecule has 1 rings (SSSR count). The van der Waals surface area contributed by atoms with E-state index in [0.29, 0.717) is 0 Å². The Labute approximate surface area is 86.8 Å². The fourth-order valence-electron chi connectivity index (χ4n) is 1.42. The normalized spacial score (nSPS) is 9.64. The van der Waals surface area contributed by atoms with Crippen LogP contribution in [0.2, 0.25) is 0 Å². The average Bonchev–Trinajstić information content (AvgIpc) is 2.19. The second-order valence-corrected chi connectivity index (χ2v) is 3.67. The van der Waals surface area contributed by atoms with E-state index in [0.717, 1.165) is 13.0 Å². The second-order valence-electron chi connectivity index (χ2n) is 3.67. The first kappa shape index (κ1) is 10.8. The molecule has 76 valence electrons. The Morgan fingerprint density at radius 2 is 1.79 bits per heavy atom. The van der Waals surface area contributed by atoms with Crippen LogP contribution in [0.25, 0.3) is 5.70 Å². The Bertz CT molecular complexity index is 294. The third kappa shape index (κ3) is 2.91. The summed E-state index contributed by atoms with van der Waals surface area (Å²) in [5.74, 6) is 0. The third-order valence-electron chi connectivity index (χ3n) is 2.11. The van der Waals surface area contributed by atoms with E-state index in [9.17, 15) is 0 Å². The number of rotatable bonds is 4. The molecule has 0 aliphatic carbocycles. The van der Waals surface area contributed by atoms with E-state index < -0.39 is 0 Å². The zero-order valence-electron chi connectivity index (χ0n) is 9.30. The molecule has 0 fully saturated rings. The first-order valence-electron chi connectivity index (χ1n) is 5.22. The molecule has 0 radical (unpaired) electrons. The molecule has 0 unspecified atom stereocenters. The minimum absolute atomic E-state index is 1.04. The molecule has 1 nitrogen and oxygen atoms in total. The summed E-state index contributed by atoms with van der Waals surface area (Å²) in [4.78, 5) is 0. The maximum atomic E-state index is 3.46. The van der Waals surface area contributed by atoms with Crippen LogP contribution in [0.5, 0.6) is 0 Å². The topological polar surface area (TPSA) is 12.0 Å². The summed E-state index contributed by atoms with van der Waals surface area (Å²) in [6.45, 7) is 7.51. The average molecular weight is 189 g/mol. The lowest BCUT2D eigenvalue weighted by molar-refractivity contribution is 0.819. The summed E-state index contributed by atoms with van der Waals surface area (Å²) < 4.78 is 0. The SMILES string of the molecule is CCCNC(=C(C)C)c1ccccc1. The van der Waals surface area contributed by atoms with Gasteiger partial charge in [0, 0.05) is 12.2 Å². The number of allylic oxidation sites excluding steroid dienone is 1. The van der Waals surface area contributed by atoms with Crippen LogP contribution in [0.3, 0.4) is 0 Å². The van der Waals surface area contributed by atoms with Crippen molar-refractivity contribution in [3.8, 4) is 0 Å². The zero-order chi connectivity index (χ0) is 10.4. The monoisotopic (exact) mass is 189 g/mol. The number of nitrogens with one attached hydrogen (secondary N) is 1. The Hall–Kier alpha value is -1.24. The van der Waals surface area contributed by atoms with Crippen molar-refractivity contribution in [3.05, 3.63) is 41.5 Å². The molecule has 0 aromatic heterocycles. The molecule has 0 aliphatic heterocycles. The maximum absolute atomic E-state index is 3.46. The standard InChI is InChI=1S/C13H19N/c1-4-10-14-13(11(2)3)12-8-6-5-7-9-12/h5-9,14H,4,10H2,1-3H3. The van der Waals surface area contributed by atoms with E-state index in [4.69, 9.17) is 0 Å². The fraction of sp³-hybridized carbons (Fsp3) is 0.385. The molecule has 0 aliphatic rings. The molecule has 14 heavy (non-hydrogen) atoms. The molecule has 1 heteroatoms. The van der Waals surface area contributed by atoms with Crippen LogP contribution in [-0.4, -0.2) is 6.54 Å². The van der Waals surface area contributed by atoms with Gasteiger partial charge in [0.15, 0.2) is 0 Å². The van der Waals surface area contributed by atoms with Gasteiger partial charge in [0.25, 0.3) is 0 Å². The summed E-state index contributed by atoms with van der Waals surface area (Å²) in [5, 5.41) is 3.46. The molecular formula is C13H19N. The van der Waals surface area contributed by atoms with Crippen molar-refractivity contribution >= 4 is 5.70 Å². The maximum Gasteiger partial charge on any atom is 0.0400 e. The lowest BCUT2D eigenvalue weighted by Crippen LogP contribution is -2.14. The first-order chi connectivity index (χ1) is 6.75. The zero-order valence-corrected chi connectivity index (χ0v) is 9.30. The van der Waals surface area contributed by atoms with E-state index in [1.807, 2.05) is 6.07 Å². The van der Waals surface area contributed by atoms with E-state index in [2.05, 4.69) is 50.4 Å². The van der Waals surface area contributed by atoms with Gasteiger partial charge in [-0.15, -0.1) is 0 Å². The largest absolute Gasteiger partial charge is 0.385 e. The summed E-state index contributed by atoms with van der Waals surface area (Å²) >= 11 is 0. The molecular weight excluding hydrogens is 170 g/mol. The van der Waals surface area contributed by atoms with E-state index in [1.165, 1.54) is 16.8 Å². The van der Waals surface area contributed by atoms with Gasteiger partial charge in [-0.3, -0.25) is 0 Å². The van der Waals surface area contributed by atoms with Gasteiger partial charge in [0.05, 0.1) is 0 Å². The summed E-state index contributed by atoms with van der Waals surface area (Å²) in [6.07, 6.45) is 1.16. The predicted molar refractivity (Wildman–Crippen MR) is 63.0 cm³/mol. The van der Waals surface area contributed by atoms with Gasteiger partial charge < -0.3 is 5.32 Å². The fourth-order valence-corrected chi connectivity index (χ4v) is 1.42. The van der Waals surface area contributed by atoms with Crippen molar-refractivity contribution in [1.29, 1.82) is 0 Å². The van der Waals surface area contributed by atoms with E-state index in [-0.39, 0.29) is 0 Å². The molecule has 1 aromatic rings. The lowest BCUT2D eigenvalue weighted by atomic mass is 10.1. The van der Waals surface area contributed by atoms with Gasteiger partial charge in [-0.2, -0.15) is 0 Å². The van der Waals surface area contributed by atoms with E-state index in [1.54, 1.807) is 0 Å². The highest BCUT2D eigenvalue weighted by molar-refractivity contribution is 5.66. The predicted octanol–water partition coefficient (Wildman–Crippen LogP) is 3.44. The number of hydrogen-bond acceptors (Lipinski definition) is 1. The van der Waals surface area contributed by atoms with Crippen molar-refractivity contribution in [2.75, 3.05) is 6.54 Å². The van der Waals surface area contributed by atoms with Gasteiger partial charge >= 0.3 is 0 Å². The van der Waals surface area contributed by atoms with Crippen LogP contribution in [0.15, 0.2) is 35.9 Å². The summed E-state index contributed by atoms with van der Waals surface area (Å²) in [5.41, 5.74) is 3.89. The molecule has 0 amide bonds. The van der Waals surface area contributed by atoms with Crippen molar-refractivity contribution in [3.63, 3.8) is 0 Å². The second kappa shape index (κ2) is 5.48. The molecule has 0 atom stereocenters. The first-order valence-corrected chi connectivity index (χ1v) is 5.22. The summed E-state index contributed by atoms with van der Waals surface area (Å²) in [7, 11) is 0. The van der Waals surface area contributed by atoms with Crippen LogP contribution in [-0.2, 0) is 0 Å². The highest BCUT2D eigenvalue weighted by Gasteiger charge is 2.00. The molecule has 1 aromatic carbocycles. The lowest BCUT2D eigenvalue weighted by Gasteiger charge is -2.12. The van der Waals surface area contributed by atoms with Gasteiger partial charge in [-0.25, -0.2) is 0 Å². The summed E-state index contributed by atoms with van der Waals surface area (Å²) in [6, 6.07) is 10.5. The van der Waals surface area contributed by atoms with Crippen LogP contribution in [0.1, 0.15) is 32.8 Å². The minimum atomic E-state index is 1.04. The third-order valence-corrected chi connectivity index (χ3v) is 2.11. The Balaban J connectivity index is 2.86. The molecule has 0 heterocycles. The molecule has 0 saturated carbocycles. The van der Waals surface area contributed by atoms with Crippen molar-refractivity contribution in [2.24, 2.45) is 0 Å². The molecule has 1 N–H and O–H groups in total. The van der Waals surface area contributed by atoms with Gasteiger partial charge in [-0.1, -0.05) is 42.8 Å². The van der Waals surface area contributed by atoms with Crippen LogP contribution in [0.4, 0.5) is 0 Å². The van der Waals surface area contributed by atoms with Gasteiger partial charge in [0.1, 0.15) is 0 Å². The van der Waals surface area contributed by atoms with Crippen molar-refractivity contribution in [1.82, 2.24) is 5.32 Å². The van der Waals surface area contributed by atoms with Crippen LogP contribution >= 0.6 is 0 Å². The van der Waals surface area contributed by atoms with Crippen molar-refractivity contribution in [2.45, 2.75) is 27.2 Å². The van der Waals surface area contributed by atoms with Gasteiger partial charge in [-0.05, 0) is 25.8 Å². The van der Waals surface area contributed by atoms with E-state index >= 15 is 0 Å². The minimum Gasteiger partial charge on any atom is -0.385 e. The Morgan fingerprint density at radius 1 is 1.14 bits per heavy atom. The quantitative estimate of drug-likeness (QED) is 0.765. The van der Waals surface area contributed by atoms with Crippen molar-refractivity contribution < 1.29 is 0 Å². The van der Waals surface area contributed by atoms with Crippen LogP contribution < -0.4 is 5.32 Å². The molecule has 0 spiro atoms. The molecule has 0 bridgehead atoms. The highest BCUT2D eigenvalue weighted by atomic mass is 14.9. The van der Waals surface area contributed by atoms with Gasteiger partial charge in [0.2, 0.25) is 0 Å². The number of benzene rings is 1. The van der Waals surface area contributed by atoms with Crippen LogP contribution in [0, 0.1) is 0 Å². The highest BCUT2D eigenvalue weighted by Crippen LogP contribution is 2.14. The Morgan fingerprint density at radius 3 is 2.29 bits per heavy atom. The smallest absolute Gasteiger partial charge is 0.0400 e. The molecule has 0 saturated heterocycles. The number of hydrogen-bond donors (Lipinski definition) is 1.